The van der Waals surface area contributed by atoms with Crippen LogP contribution in [-0.2, 0) is 11.3 Å². The zero-order valence-electron chi connectivity index (χ0n) is 9.60. The second kappa shape index (κ2) is 5.67. The highest BCUT2D eigenvalue weighted by Gasteiger charge is 2.28. The predicted octanol–water partition coefficient (Wildman–Crippen LogP) is 2.51. The fraction of sp³-hybridized carbons (Fsp3) is 0.538. The molecule has 2 atom stereocenters. The van der Waals surface area contributed by atoms with Gasteiger partial charge in [0.05, 0.1) is 12.7 Å². The summed E-state index contributed by atoms with van der Waals surface area (Å²) in [4.78, 5) is 2.41. The van der Waals surface area contributed by atoms with Crippen LogP contribution in [-0.4, -0.2) is 36.1 Å². The number of alkyl halides is 1. The minimum atomic E-state index is 0.231. The molecule has 88 valence electrons. The average Bonchev–Trinajstić information content (AvgIpc) is 2.31. The SMILES string of the molecule is C[C@H]1OCCN(Cc2ccccc2)[C@@H]1CCl. The molecule has 0 aliphatic carbocycles. The van der Waals surface area contributed by atoms with Gasteiger partial charge in [-0.15, -0.1) is 11.6 Å². The highest BCUT2D eigenvalue weighted by atomic mass is 35.5. The van der Waals surface area contributed by atoms with Crippen LogP contribution in [0.4, 0.5) is 0 Å². The van der Waals surface area contributed by atoms with Gasteiger partial charge in [-0.3, -0.25) is 4.90 Å². The van der Waals surface area contributed by atoms with Crippen LogP contribution in [0.3, 0.4) is 0 Å². The molecule has 0 N–H and O–H groups in total. The van der Waals surface area contributed by atoms with Gasteiger partial charge in [-0.05, 0) is 12.5 Å². The normalized spacial score (nSPS) is 26.9. The molecule has 2 rings (SSSR count). The third kappa shape index (κ3) is 2.76. The lowest BCUT2D eigenvalue weighted by Crippen LogP contribution is -2.50. The van der Waals surface area contributed by atoms with Gasteiger partial charge in [0.25, 0.3) is 0 Å². The van der Waals surface area contributed by atoms with Crippen LogP contribution < -0.4 is 0 Å². The molecule has 1 saturated heterocycles. The van der Waals surface area contributed by atoms with Crippen LogP contribution in [0.2, 0.25) is 0 Å². The fourth-order valence-corrected chi connectivity index (χ4v) is 2.61. The maximum absolute atomic E-state index is 6.01. The van der Waals surface area contributed by atoms with Crippen LogP contribution in [0.25, 0.3) is 0 Å². The Morgan fingerprint density at radius 2 is 2.12 bits per heavy atom. The molecule has 0 amide bonds. The Hall–Kier alpha value is -0.570. The summed E-state index contributed by atoms with van der Waals surface area (Å²) >= 11 is 6.01. The number of nitrogens with zero attached hydrogens (tertiary/aromatic N) is 1. The number of morpholine rings is 1. The first-order valence-electron chi connectivity index (χ1n) is 5.77. The maximum Gasteiger partial charge on any atom is 0.0714 e. The summed E-state index contributed by atoms with van der Waals surface area (Å²) in [5, 5.41) is 0. The van der Waals surface area contributed by atoms with E-state index in [1.165, 1.54) is 5.56 Å². The zero-order valence-corrected chi connectivity index (χ0v) is 10.4. The maximum atomic E-state index is 6.01. The van der Waals surface area contributed by atoms with E-state index in [1.54, 1.807) is 0 Å². The van der Waals surface area contributed by atoms with Crippen LogP contribution in [0, 0.1) is 0 Å². The first kappa shape index (κ1) is 11.9. The third-order valence-electron chi connectivity index (χ3n) is 3.16. The Morgan fingerprint density at radius 1 is 1.38 bits per heavy atom. The average molecular weight is 240 g/mol. The van der Waals surface area contributed by atoms with E-state index in [4.69, 9.17) is 16.3 Å². The summed E-state index contributed by atoms with van der Waals surface area (Å²) < 4.78 is 5.62. The van der Waals surface area contributed by atoms with Gasteiger partial charge < -0.3 is 4.74 Å². The molecule has 16 heavy (non-hydrogen) atoms. The lowest BCUT2D eigenvalue weighted by atomic mass is 10.1. The van der Waals surface area contributed by atoms with E-state index in [-0.39, 0.29) is 6.10 Å². The molecule has 1 aromatic carbocycles. The molecule has 1 aliphatic heterocycles. The van der Waals surface area contributed by atoms with E-state index in [2.05, 4.69) is 36.1 Å². The Labute approximate surface area is 102 Å². The van der Waals surface area contributed by atoms with Gasteiger partial charge in [0.1, 0.15) is 0 Å². The number of benzene rings is 1. The fourth-order valence-electron chi connectivity index (χ4n) is 2.17. The molecule has 1 aromatic rings. The second-order valence-electron chi connectivity index (χ2n) is 4.25. The highest BCUT2D eigenvalue weighted by molar-refractivity contribution is 6.18. The number of halogens is 1. The number of hydrogen-bond donors (Lipinski definition) is 0. The largest absolute Gasteiger partial charge is 0.376 e. The van der Waals surface area contributed by atoms with E-state index in [0.717, 1.165) is 19.7 Å². The van der Waals surface area contributed by atoms with Crippen LogP contribution in [0.5, 0.6) is 0 Å². The Balaban J connectivity index is 2.02. The van der Waals surface area contributed by atoms with E-state index in [9.17, 15) is 0 Å². The highest BCUT2D eigenvalue weighted by Crippen LogP contribution is 2.18. The van der Waals surface area contributed by atoms with Gasteiger partial charge in [-0.2, -0.15) is 0 Å². The molecule has 1 heterocycles. The van der Waals surface area contributed by atoms with E-state index in [1.807, 2.05) is 6.07 Å². The molecule has 1 aliphatic rings. The van der Waals surface area contributed by atoms with Crippen molar-refractivity contribution in [2.24, 2.45) is 0 Å². The van der Waals surface area contributed by atoms with Crippen molar-refractivity contribution in [3.8, 4) is 0 Å². The van der Waals surface area contributed by atoms with Crippen molar-refractivity contribution in [3.63, 3.8) is 0 Å². The summed E-state index contributed by atoms with van der Waals surface area (Å²) in [5.74, 6) is 0.633. The van der Waals surface area contributed by atoms with E-state index >= 15 is 0 Å². The third-order valence-corrected chi connectivity index (χ3v) is 3.47. The zero-order chi connectivity index (χ0) is 11.4. The van der Waals surface area contributed by atoms with Crippen molar-refractivity contribution in [1.82, 2.24) is 4.90 Å². The molecule has 3 heteroatoms. The van der Waals surface area contributed by atoms with E-state index < -0.39 is 0 Å². The van der Waals surface area contributed by atoms with Gasteiger partial charge >= 0.3 is 0 Å². The second-order valence-corrected chi connectivity index (χ2v) is 4.56. The molecule has 0 aromatic heterocycles. The van der Waals surface area contributed by atoms with E-state index in [0.29, 0.717) is 11.9 Å². The van der Waals surface area contributed by atoms with Gasteiger partial charge in [0.15, 0.2) is 0 Å². The molecule has 0 spiro atoms. The minimum absolute atomic E-state index is 0.231. The van der Waals surface area contributed by atoms with Crippen molar-refractivity contribution in [2.45, 2.75) is 25.6 Å². The molecule has 0 radical (unpaired) electrons. The van der Waals surface area contributed by atoms with Crippen molar-refractivity contribution in [2.75, 3.05) is 19.0 Å². The van der Waals surface area contributed by atoms with Crippen molar-refractivity contribution >= 4 is 11.6 Å². The summed E-state index contributed by atoms with van der Waals surface area (Å²) in [6, 6.07) is 10.8. The van der Waals surface area contributed by atoms with Gasteiger partial charge in [0, 0.05) is 25.0 Å². The summed E-state index contributed by atoms with van der Waals surface area (Å²) in [7, 11) is 0. The summed E-state index contributed by atoms with van der Waals surface area (Å²) in [6.07, 6.45) is 0.231. The Kier molecular flexibility index (Phi) is 4.22. The van der Waals surface area contributed by atoms with Crippen molar-refractivity contribution in [1.29, 1.82) is 0 Å². The standard InChI is InChI=1S/C13H18ClNO/c1-11-13(9-14)15(7-8-16-11)10-12-5-3-2-4-6-12/h2-6,11,13H,7-10H2,1H3/t11-,13-/m1/s1. The predicted molar refractivity (Wildman–Crippen MR) is 66.8 cm³/mol. The summed E-state index contributed by atoms with van der Waals surface area (Å²) in [5.41, 5.74) is 1.34. The van der Waals surface area contributed by atoms with Crippen LogP contribution >= 0.6 is 11.6 Å². The molecular formula is C13H18ClNO. The van der Waals surface area contributed by atoms with Gasteiger partial charge in [0.2, 0.25) is 0 Å². The first-order valence-corrected chi connectivity index (χ1v) is 6.30. The molecule has 0 saturated carbocycles. The monoisotopic (exact) mass is 239 g/mol. The molecule has 1 fully saturated rings. The smallest absolute Gasteiger partial charge is 0.0714 e. The van der Waals surface area contributed by atoms with Crippen molar-refractivity contribution in [3.05, 3.63) is 35.9 Å². The van der Waals surface area contributed by atoms with Gasteiger partial charge in [-0.1, -0.05) is 30.3 Å². The minimum Gasteiger partial charge on any atom is -0.376 e. The van der Waals surface area contributed by atoms with Crippen molar-refractivity contribution < 1.29 is 4.74 Å². The molecule has 2 nitrogen and oxygen atoms in total. The number of rotatable bonds is 3. The van der Waals surface area contributed by atoms with Gasteiger partial charge in [-0.25, -0.2) is 0 Å². The Bertz CT molecular complexity index is 317. The lowest BCUT2D eigenvalue weighted by molar-refractivity contribution is -0.0572. The topological polar surface area (TPSA) is 12.5 Å². The summed E-state index contributed by atoms with van der Waals surface area (Å²) in [6.45, 7) is 4.84. The Morgan fingerprint density at radius 3 is 2.81 bits per heavy atom. The molecular weight excluding hydrogens is 222 g/mol. The quantitative estimate of drug-likeness (QED) is 0.752. The molecule has 0 bridgehead atoms. The molecule has 0 unspecified atom stereocenters. The number of ether oxygens (including phenoxy) is 1. The number of hydrogen-bond acceptors (Lipinski definition) is 2. The lowest BCUT2D eigenvalue weighted by Gasteiger charge is -2.38. The van der Waals surface area contributed by atoms with Crippen LogP contribution in [0.1, 0.15) is 12.5 Å². The first-order chi connectivity index (χ1) is 7.81. The van der Waals surface area contributed by atoms with Crippen LogP contribution in [0.15, 0.2) is 30.3 Å².